The Kier molecular flexibility index (Phi) is 3.54. The molecule has 0 bridgehead atoms. The van der Waals surface area contributed by atoms with E-state index in [-0.39, 0.29) is 18.2 Å². The Hall–Kier alpha value is -2.10. The van der Waals surface area contributed by atoms with E-state index in [9.17, 15) is 9.59 Å². The number of fused-ring (bicyclic) bond motifs is 1. The van der Waals surface area contributed by atoms with Gasteiger partial charge in [0.15, 0.2) is 11.9 Å². The number of esters is 1. The van der Waals surface area contributed by atoms with Crippen LogP contribution in [0.25, 0.3) is 10.9 Å². The van der Waals surface area contributed by atoms with Gasteiger partial charge in [0.2, 0.25) is 0 Å². The number of rotatable bonds is 3. The lowest BCUT2D eigenvalue weighted by atomic mass is 9.96. The van der Waals surface area contributed by atoms with Gasteiger partial charge >= 0.3 is 5.97 Å². The van der Waals surface area contributed by atoms with Crippen LogP contribution in [0.15, 0.2) is 30.5 Å². The average Bonchev–Trinajstić information content (AvgIpc) is 2.85. The summed E-state index contributed by atoms with van der Waals surface area (Å²) in [5.74, 6) is -0.265. The zero-order chi connectivity index (χ0) is 13.9. The molecule has 1 aliphatic rings. The van der Waals surface area contributed by atoms with E-state index >= 15 is 0 Å². The quantitative estimate of drug-likeness (QED) is 0.873. The molecule has 1 N–H and O–H groups in total. The Morgan fingerprint density at radius 2 is 2.15 bits per heavy atom. The first-order valence-electron chi connectivity index (χ1n) is 7.01. The molecule has 1 fully saturated rings. The first-order chi connectivity index (χ1) is 9.74. The molecule has 1 saturated carbocycles. The number of nitrogens with one attached hydrogen (secondary N) is 1. The monoisotopic (exact) mass is 271 g/mol. The summed E-state index contributed by atoms with van der Waals surface area (Å²) in [5, 5.41) is 1.03. The highest BCUT2D eigenvalue weighted by Crippen LogP contribution is 2.21. The fraction of sp³-hybridized carbons (Fsp3) is 0.375. The number of carbonyl (C=O) groups excluding carboxylic acids is 2. The molecule has 0 saturated heterocycles. The van der Waals surface area contributed by atoms with Crippen molar-refractivity contribution in [2.75, 3.05) is 0 Å². The lowest BCUT2D eigenvalue weighted by Crippen LogP contribution is -2.30. The highest BCUT2D eigenvalue weighted by Gasteiger charge is 2.25. The zero-order valence-corrected chi connectivity index (χ0v) is 11.2. The molecule has 4 nitrogen and oxygen atoms in total. The van der Waals surface area contributed by atoms with Gasteiger partial charge in [0.25, 0.3) is 0 Å². The van der Waals surface area contributed by atoms with Crippen LogP contribution in [0.3, 0.4) is 0 Å². The van der Waals surface area contributed by atoms with Crippen LogP contribution in [0.2, 0.25) is 0 Å². The number of para-hydroxylation sites is 1. The number of hydrogen-bond donors (Lipinski definition) is 1. The minimum Gasteiger partial charge on any atom is -0.454 e. The first kappa shape index (κ1) is 12.9. The number of hydrogen-bond acceptors (Lipinski definition) is 3. The maximum absolute atomic E-state index is 12.0. The number of aromatic amines is 1. The smallest absolute Gasteiger partial charge is 0.311 e. The predicted octanol–water partition coefficient (Wildman–Crippen LogP) is 2.77. The molecule has 4 heteroatoms. The third kappa shape index (κ3) is 2.59. The SMILES string of the molecule is O=C(Cc1c[nH]c2ccccc12)O[C@@H]1CCCCC1=O. The molecule has 0 spiro atoms. The van der Waals surface area contributed by atoms with Gasteiger partial charge in [-0.3, -0.25) is 9.59 Å². The number of carbonyl (C=O) groups is 2. The van der Waals surface area contributed by atoms with Crippen LogP contribution in [0.5, 0.6) is 0 Å². The molecule has 1 heterocycles. The molecule has 2 aromatic rings. The van der Waals surface area contributed by atoms with Crippen LogP contribution in [0.1, 0.15) is 31.2 Å². The number of H-pyrrole nitrogens is 1. The fourth-order valence-corrected chi connectivity index (χ4v) is 2.71. The molecular weight excluding hydrogens is 254 g/mol. The summed E-state index contributed by atoms with van der Waals surface area (Å²) in [7, 11) is 0. The van der Waals surface area contributed by atoms with Crippen LogP contribution in [0, 0.1) is 0 Å². The van der Waals surface area contributed by atoms with E-state index in [0.29, 0.717) is 12.8 Å². The predicted molar refractivity (Wildman–Crippen MR) is 75.4 cm³/mol. The molecule has 20 heavy (non-hydrogen) atoms. The number of ether oxygens (including phenoxy) is 1. The van der Waals surface area contributed by atoms with Gasteiger partial charge in [-0.25, -0.2) is 0 Å². The van der Waals surface area contributed by atoms with Crippen molar-refractivity contribution in [2.24, 2.45) is 0 Å². The Labute approximate surface area is 117 Å². The molecule has 1 atom stereocenters. The van der Waals surface area contributed by atoms with Gasteiger partial charge < -0.3 is 9.72 Å². The van der Waals surface area contributed by atoms with E-state index < -0.39 is 6.10 Å². The van der Waals surface area contributed by atoms with Crippen LogP contribution >= 0.6 is 0 Å². The summed E-state index contributed by atoms with van der Waals surface area (Å²) in [4.78, 5) is 26.8. The Bertz CT molecular complexity index is 644. The average molecular weight is 271 g/mol. The fourth-order valence-electron chi connectivity index (χ4n) is 2.71. The largest absolute Gasteiger partial charge is 0.454 e. The van der Waals surface area contributed by atoms with Gasteiger partial charge in [0.1, 0.15) is 0 Å². The number of ketones is 1. The molecule has 0 radical (unpaired) electrons. The van der Waals surface area contributed by atoms with Crippen molar-refractivity contribution >= 4 is 22.7 Å². The minimum absolute atomic E-state index is 0.0588. The van der Waals surface area contributed by atoms with Crippen molar-refractivity contribution in [3.8, 4) is 0 Å². The second-order valence-corrected chi connectivity index (χ2v) is 5.23. The molecule has 3 rings (SSSR count). The summed E-state index contributed by atoms with van der Waals surface area (Å²) < 4.78 is 5.32. The summed E-state index contributed by atoms with van der Waals surface area (Å²) in [6.07, 6.45) is 4.57. The van der Waals surface area contributed by atoms with Crippen LogP contribution < -0.4 is 0 Å². The van der Waals surface area contributed by atoms with E-state index in [1.165, 1.54) is 0 Å². The van der Waals surface area contributed by atoms with Gasteiger partial charge in [-0.2, -0.15) is 0 Å². The number of aromatic nitrogens is 1. The van der Waals surface area contributed by atoms with Crippen molar-refractivity contribution in [3.05, 3.63) is 36.0 Å². The number of benzene rings is 1. The maximum atomic E-state index is 12.0. The Morgan fingerprint density at radius 3 is 3.00 bits per heavy atom. The van der Waals surface area contributed by atoms with Crippen molar-refractivity contribution in [1.29, 1.82) is 0 Å². The molecule has 104 valence electrons. The lowest BCUT2D eigenvalue weighted by molar-refractivity contribution is -0.156. The Balaban J connectivity index is 1.68. The molecular formula is C16H17NO3. The summed E-state index contributed by atoms with van der Waals surface area (Å²) >= 11 is 0. The van der Waals surface area contributed by atoms with E-state index in [0.717, 1.165) is 29.3 Å². The normalized spacial score (nSPS) is 19.2. The highest BCUT2D eigenvalue weighted by molar-refractivity contribution is 5.89. The topological polar surface area (TPSA) is 59.2 Å². The second kappa shape index (κ2) is 5.49. The zero-order valence-electron chi connectivity index (χ0n) is 11.2. The van der Waals surface area contributed by atoms with Crippen LogP contribution in [-0.2, 0) is 20.7 Å². The molecule has 0 unspecified atom stereocenters. The van der Waals surface area contributed by atoms with E-state index in [4.69, 9.17) is 4.74 Å². The highest BCUT2D eigenvalue weighted by atomic mass is 16.5. The van der Waals surface area contributed by atoms with E-state index in [2.05, 4.69) is 4.98 Å². The molecule has 0 aliphatic heterocycles. The van der Waals surface area contributed by atoms with E-state index in [1.807, 2.05) is 30.5 Å². The number of Topliss-reactive ketones (excluding diaryl/α,β-unsaturated/α-hetero) is 1. The summed E-state index contributed by atoms with van der Waals surface area (Å²) in [6.45, 7) is 0. The van der Waals surface area contributed by atoms with Gasteiger partial charge in [0, 0.05) is 23.5 Å². The van der Waals surface area contributed by atoms with Gasteiger partial charge in [0.05, 0.1) is 6.42 Å². The summed E-state index contributed by atoms with van der Waals surface area (Å²) in [5.41, 5.74) is 1.91. The summed E-state index contributed by atoms with van der Waals surface area (Å²) in [6, 6.07) is 7.83. The molecule has 0 amide bonds. The minimum atomic E-state index is -0.526. The van der Waals surface area contributed by atoms with E-state index in [1.54, 1.807) is 0 Å². The lowest BCUT2D eigenvalue weighted by Gasteiger charge is -2.20. The first-order valence-corrected chi connectivity index (χ1v) is 7.01. The van der Waals surface area contributed by atoms with Gasteiger partial charge in [-0.15, -0.1) is 0 Å². The van der Waals surface area contributed by atoms with Crippen molar-refractivity contribution in [2.45, 2.75) is 38.2 Å². The third-order valence-electron chi connectivity index (χ3n) is 3.78. The van der Waals surface area contributed by atoms with Crippen molar-refractivity contribution < 1.29 is 14.3 Å². The molecule has 1 aromatic heterocycles. The van der Waals surface area contributed by atoms with Crippen LogP contribution in [-0.4, -0.2) is 22.8 Å². The van der Waals surface area contributed by atoms with Crippen LogP contribution in [0.4, 0.5) is 0 Å². The Morgan fingerprint density at radius 1 is 1.30 bits per heavy atom. The second-order valence-electron chi connectivity index (χ2n) is 5.23. The molecule has 1 aliphatic carbocycles. The van der Waals surface area contributed by atoms with Crippen molar-refractivity contribution in [1.82, 2.24) is 4.98 Å². The van der Waals surface area contributed by atoms with Gasteiger partial charge in [-0.1, -0.05) is 18.2 Å². The van der Waals surface area contributed by atoms with Gasteiger partial charge in [-0.05, 0) is 30.9 Å². The maximum Gasteiger partial charge on any atom is 0.311 e. The third-order valence-corrected chi connectivity index (χ3v) is 3.78. The molecule has 1 aromatic carbocycles. The standard InChI is InChI=1S/C16H17NO3/c18-14-7-3-4-8-15(14)20-16(19)9-11-10-17-13-6-2-1-5-12(11)13/h1-2,5-6,10,15,17H,3-4,7-9H2/t15-/m1/s1. The van der Waals surface area contributed by atoms with Crippen molar-refractivity contribution in [3.63, 3.8) is 0 Å².